The van der Waals surface area contributed by atoms with Gasteiger partial charge in [-0.05, 0) is 23.6 Å². The average Bonchev–Trinajstić information content (AvgIpc) is 2.38. The van der Waals surface area contributed by atoms with Gasteiger partial charge in [-0.15, -0.1) is 0 Å². The summed E-state index contributed by atoms with van der Waals surface area (Å²) in [4.78, 5) is 2.27. The number of aliphatic hydroxyl groups is 1. The number of benzene rings is 1. The second-order valence-corrected chi connectivity index (χ2v) is 5.55. The Bertz CT molecular complexity index is 409. The van der Waals surface area contributed by atoms with Gasteiger partial charge in [-0.2, -0.15) is 0 Å². The molecule has 0 aliphatic carbocycles. The highest BCUT2D eigenvalue weighted by Crippen LogP contribution is 2.29. The molecule has 100 valence electrons. The van der Waals surface area contributed by atoms with Gasteiger partial charge >= 0.3 is 0 Å². The van der Waals surface area contributed by atoms with Gasteiger partial charge in [-0.25, -0.2) is 0 Å². The second-order valence-electron chi connectivity index (χ2n) is 5.14. The van der Waals surface area contributed by atoms with E-state index in [1.165, 1.54) is 5.56 Å². The van der Waals surface area contributed by atoms with Crippen molar-refractivity contribution in [3.8, 4) is 0 Å². The molecule has 0 saturated carbocycles. The number of hydrogen-bond donors (Lipinski definition) is 2. The van der Waals surface area contributed by atoms with Gasteiger partial charge in [-0.3, -0.25) is 0 Å². The monoisotopic (exact) mass is 268 g/mol. The van der Waals surface area contributed by atoms with Gasteiger partial charge in [0.15, 0.2) is 0 Å². The van der Waals surface area contributed by atoms with E-state index in [9.17, 15) is 5.11 Å². The van der Waals surface area contributed by atoms with Crippen molar-refractivity contribution in [2.24, 2.45) is 0 Å². The first-order valence-electron chi connectivity index (χ1n) is 6.50. The van der Waals surface area contributed by atoms with Crippen molar-refractivity contribution in [2.45, 2.75) is 25.8 Å². The number of aliphatic hydroxyl groups excluding tert-OH is 1. The highest BCUT2D eigenvalue weighted by molar-refractivity contribution is 6.31. The zero-order valence-electron chi connectivity index (χ0n) is 11.0. The van der Waals surface area contributed by atoms with Crippen LogP contribution in [0.2, 0.25) is 5.02 Å². The van der Waals surface area contributed by atoms with Crippen LogP contribution in [0.15, 0.2) is 18.2 Å². The quantitative estimate of drug-likeness (QED) is 0.883. The zero-order valence-corrected chi connectivity index (χ0v) is 11.7. The van der Waals surface area contributed by atoms with Gasteiger partial charge in [0.25, 0.3) is 0 Å². The summed E-state index contributed by atoms with van der Waals surface area (Å²) in [7, 11) is 0. The van der Waals surface area contributed by atoms with E-state index in [1.54, 1.807) is 0 Å². The molecular weight excluding hydrogens is 248 g/mol. The van der Waals surface area contributed by atoms with Gasteiger partial charge in [0, 0.05) is 36.4 Å². The molecule has 1 aromatic rings. The summed E-state index contributed by atoms with van der Waals surface area (Å²) in [5, 5.41) is 13.3. The lowest BCUT2D eigenvalue weighted by molar-refractivity contribution is 0.235. The maximum absolute atomic E-state index is 9.21. The molecule has 1 atom stereocenters. The van der Waals surface area contributed by atoms with E-state index in [2.05, 4.69) is 36.2 Å². The Balaban J connectivity index is 2.16. The lowest BCUT2D eigenvalue weighted by atomic mass is 10.0. The number of rotatable bonds is 3. The maximum atomic E-state index is 9.21. The van der Waals surface area contributed by atoms with E-state index < -0.39 is 0 Å². The van der Waals surface area contributed by atoms with Gasteiger partial charge in [0.05, 0.1) is 6.61 Å². The molecule has 0 amide bonds. The smallest absolute Gasteiger partial charge is 0.0601 e. The first kappa shape index (κ1) is 13.7. The minimum atomic E-state index is 0.155. The van der Waals surface area contributed by atoms with Crippen molar-refractivity contribution < 1.29 is 5.11 Å². The summed E-state index contributed by atoms with van der Waals surface area (Å²) in [5.74, 6) is 0.444. The van der Waals surface area contributed by atoms with Crippen molar-refractivity contribution in [2.75, 3.05) is 31.1 Å². The molecule has 1 heterocycles. The Kier molecular flexibility index (Phi) is 4.49. The van der Waals surface area contributed by atoms with Gasteiger partial charge in [0.2, 0.25) is 0 Å². The minimum absolute atomic E-state index is 0.155. The van der Waals surface area contributed by atoms with E-state index in [0.29, 0.717) is 5.92 Å². The molecule has 1 aliphatic rings. The third-order valence-electron chi connectivity index (χ3n) is 3.45. The fourth-order valence-electron chi connectivity index (χ4n) is 2.36. The predicted octanol–water partition coefficient (Wildman–Crippen LogP) is 2.23. The van der Waals surface area contributed by atoms with Crippen LogP contribution in [0.4, 0.5) is 5.69 Å². The SMILES string of the molecule is CC(C)c1ccc(N2CCNC(CO)C2)cc1Cl. The Hall–Kier alpha value is -0.770. The molecule has 0 aromatic heterocycles. The van der Waals surface area contributed by atoms with E-state index in [0.717, 1.165) is 30.3 Å². The minimum Gasteiger partial charge on any atom is -0.395 e. The molecule has 18 heavy (non-hydrogen) atoms. The number of piperazine rings is 1. The van der Waals surface area contributed by atoms with Crippen LogP contribution in [0.3, 0.4) is 0 Å². The molecule has 0 bridgehead atoms. The summed E-state index contributed by atoms with van der Waals surface area (Å²) < 4.78 is 0. The van der Waals surface area contributed by atoms with Crippen LogP contribution in [-0.2, 0) is 0 Å². The number of halogens is 1. The molecule has 1 unspecified atom stereocenters. The van der Waals surface area contributed by atoms with Crippen molar-refractivity contribution >= 4 is 17.3 Å². The number of nitrogens with zero attached hydrogens (tertiary/aromatic N) is 1. The van der Waals surface area contributed by atoms with E-state index in [4.69, 9.17) is 11.6 Å². The molecule has 1 fully saturated rings. The fraction of sp³-hybridized carbons (Fsp3) is 0.571. The molecule has 2 N–H and O–H groups in total. The summed E-state index contributed by atoms with van der Waals surface area (Å²) in [6.07, 6.45) is 0. The van der Waals surface area contributed by atoms with Crippen LogP contribution < -0.4 is 10.2 Å². The number of hydrogen-bond acceptors (Lipinski definition) is 3. The van der Waals surface area contributed by atoms with Gasteiger partial charge in [-0.1, -0.05) is 31.5 Å². The molecule has 0 radical (unpaired) electrons. The van der Waals surface area contributed by atoms with Crippen molar-refractivity contribution in [1.82, 2.24) is 5.32 Å². The van der Waals surface area contributed by atoms with Crippen LogP contribution in [0.5, 0.6) is 0 Å². The molecule has 0 spiro atoms. The Morgan fingerprint density at radius 2 is 2.28 bits per heavy atom. The summed E-state index contributed by atoms with van der Waals surface area (Å²) in [6.45, 7) is 7.14. The van der Waals surface area contributed by atoms with Crippen molar-refractivity contribution in [1.29, 1.82) is 0 Å². The number of nitrogens with one attached hydrogen (secondary N) is 1. The highest BCUT2D eigenvalue weighted by Gasteiger charge is 2.19. The van der Waals surface area contributed by atoms with Crippen LogP contribution in [-0.4, -0.2) is 37.4 Å². The molecule has 1 aliphatic heterocycles. The molecule has 3 nitrogen and oxygen atoms in total. The third-order valence-corrected chi connectivity index (χ3v) is 3.77. The zero-order chi connectivity index (χ0) is 13.1. The first-order valence-corrected chi connectivity index (χ1v) is 6.88. The maximum Gasteiger partial charge on any atom is 0.0601 e. The van der Waals surface area contributed by atoms with E-state index in [1.807, 2.05) is 6.07 Å². The molecule has 2 rings (SSSR count). The number of anilines is 1. The van der Waals surface area contributed by atoms with E-state index >= 15 is 0 Å². The molecule has 1 saturated heterocycles. The van der Waals surface area contributed by atoms with Crippen molar-refractivity contribution in [3.63, 3.8) is 0 Å². The predicted molar refractivity (Wildman–Crippen MR) is 76.6 cm³/mol. The Morgan fingerprint density at radius 3 is 2.89 bits per heavy atom. The summed E-state index contributed by atoms with van der Waals surface area (Å²) in [5.41, 5.74) is 2.33. The topological polar surface area (TPSA) is 35.5 Å². The van der Waals surface area contributed by atoms with E-state index in [-0.39, 0.29) is 12.6 Å². The van der Waals surface area contributed by atoms with Crippen LogP contribution in [0.25, 0.3) is 0 Å². The Labute approximate surface area is 114 Å². The molecule has 4 heteroatoms. The molecule has 1 aromatic carbocycles. The fourth-order valence-corrected chi connectivity index (χ4v) is 2.76. The lowest BCUT2D eigenvalue weighted by Gasteiger charge is -2.34. The van der Waals surface area contributed by atoms with Gasteiger partial charge in [0.1, 0.15) is 0 Å². The van der Waals surface area contributed by atoms with Crippen LogP contribution in [0, 0.1) is 0 Å². The standard InChI is InChI=1S/C14H21ClN2O/c1-10(2)13-4-3-12(7-14(13)15)17-6-5-16-11(8-17)9-18/h3-4,7,10-11,16,18H,5-6,8-9H2,1-2H3. The van der Waals surface area contributed by atoms with Crippen molar-refractivity contribution in [3.05, 3.63) is 28.8 Å². The third kappa shape index (κ3) is 2.97. The van der Waals surface area contributed by atoms with Crippen LogP contribution in [0.1, 0.15) is 25.3 Å². The lowest BCUT2D eigenvalue weighted by Crippen LogP contribution is -2.52. The average molecular weight is 269 g/mol. The highest BCUT2D eigenvalue weighted by atomic mass is 35.5. The summed E-state index contributed by atoms with van der Waals surface area (Å²) in [6, 6.07) is 6.43. The normalized spacial score (nSPS) is 20.5. The second kappa shape index (κ2) is 5.91. The largest absolute Gasteiger partial charge is 0.395 e. The first-order chi connectivity index (χ1) is 8.61. The Morgan fingerprint density at radius 1 is 1.50 bits per heavy atom. The van der Waals surface area contributed by atoms with Gasteiger partial charge < -0.3 is 15.3 Å². The molecular formula is C14H21ClN2O. The van der Waals surface area contributed by atoms with Crippen LogP contribution >= 0.6 is 11.6 Å². The summed E-state index contributed by atoms with van der Waals surface area (Å²) >= 11 is 6.32.